The number of hydrogen-bond acceptors (Lipinski definition) is 7. The Morgan fingerprint density at radius 2 is 1.65 bits per heavy atom. The maximum Gasteiger partial charge on any atom is 0.182 e. The molecule has 0 saturated heterocycles. The number of hydrogen-bond donors (Lipinski definition) is 3. The molecule has 0 saturated carbocycles. The minimum atomic E-state index is -0.430. The second kappa shape index (κ2) is 15.1. The highest BCUT2D eigenvalue weighted by Crippen LogP contribution is 2.47. The van der Waals surface area contributed by atoms with Crippen molar-refractivity contribution < 1.29 is 34.4 Å². The van der Waals surface area contributed by atoms with Crippen LogP contribution in [-0.2, 0) is 9.59 Å². The van der Waals surface area contributed by atoms with Crippen LogP contribution in [0.5, 0.6) is 23.0 Å². The second-order valence-corrected chi connectivity index (χ2v) is 11.3. The lowest BCUT2D eigenvalue weighted by Crippen LogP contribution is -2.24. The van der Waals surface area contributed by atoms with Crippen molar-refractivity contribution >= 4 is 23.7 Å². The molecule has 43 heavy (non-hydrogen) atoms. The zero-order valence-corrected chi connectivity index (χ0v) is 25.8. The van der Waals surface area contributed by atoms with E-state index in [0.717, 1.165) is 24.5 Å². The fourth-order valence-electron chi connectivity index (χ4n) is 5.45. The maximum atomic E-state index is 12.6. The summed E-state index contributed by atoms with van der Waals surface area (Å²) in [5, 5.41) is 31.3. The number of methoxy groups -OCH3 is 2. The van der Waals surface area contributed by atoms with Gasteiger partial charge in [0.1, 0.15) is 5.76 Å². The van der Waals surface area contributed by atoms with Gasteiger partial charge < -0.3 is 24.8 Å². The molecule has 7 heteroatoms. The van der Waals surface area contributed by atoms with Gasteiger partial charge in [0.05, 0.1) is 14.2 Å². The topological polar surface area (TPSA) is 113 Å². The predicted molar refractivity (Wildman–Crippen MR) is 171 cm³/mol. The van der Waals surface area contributed by atoms with Crippen molar-refractivity contribution in [3.05, 3.63) is 94.3 Å². The van der Waals surface area contributed by atoms with E-state index in [4.69, 9.17) is 9.47 Å². The summed E-state index contributed by atoms with van der Waals surface area (Å²) in [5.74, 6) is 0.167. The van der Waals surface area contributed by atoms with Crippen molar-refractivity contribution in [1.82, 2.24) is 0 Å². The van der Waals surface area contributed by atoms with Crippen molar-refractivity contribution in [2.45, 2.75) is 52.9 Å². The minimum absolute atomic E-state index is 0.00285. The smallest absolute Gasteiger partial charge is 0.182 e. The third-order valence-electron chi connectivity index (χ3n) is 7.59. The van der Waals surface area contributed by atoms with Crippen LogP contribution < -0.4 is 9.47 Å². The van der Waals surface area contributed by atoms with Crippen molar-refractivity contribution in [2.24, 2.45) is 11.8 Å². The van der Waals surface area contributed by atoms with E-state index in [-0.39, 0.29) is 46.5 Å². The molecule has 0 heterocycles. The zero-order chi connectivity index (χ0) is 31.7. The number of phenolic OH excluding ortho intramolecular Hbond substituents is 2. The van der Waals surface area contributed by atoms with Gasteiger partial charge >= 0.3 is 0 Å². The number of carbonyl (C=O) groups is 2. The van der Waals surface area contributed by atoms with Gasteiger partial charge in [-0.15, -0.1) is 0 Å². The van der Waals surface area contributed by atoms with E-state index < -0.39 is 5.78 Å². The van der Waals surface area contributed by atoms with Crippen LogP contribution in [-0.4, -0.2) is 41.1 Å². The normalized spacial score (nSPS) is 17.9. The number of phenols is 2. The molecule has 228 valence electrons. The number of carbonyl (C=O) groups excluding carboxylic acids is 2. The van der Waals surface area contributed by atoms with Crippen molar-refractivity contribution in [3.8, 4) is 23.0 Å². The van der Waals surface area contributed by atoms with E-state index in [1.807, 2.05) is 19.9 Å². The number of ketones is 2. The van der Waals surface area contributed by atoms with Crippen LogP contribution in [0.1, 0.15) is 69.6 Å². The Morgan fingerprint density at radius 1 is 0.977 bits per heavy atom. The average molecular weight is 587 g/mol. The Kier molecular flexibility index (Phi) is 11.6. The molecule has 1 aliphatic rings. The van der Waals surface area contributed by atoms with Crippen molar-refractivity contribution in [1.29, 1.82) is 0 Å². The molecule has 0 unspecified atom stereocenters. The van der Waals surface area contributed by atoms with Gasteiger partial charge in [0.15, 0.2) is 34.6 Å². The highest BCUT2D eigenvalue weighted by Gasteiger charge is 2.32. The Hall–Kier alpha value is -4.52. The number of allylic oxidation sites excluding steroid dienone is 7. The number of rotatable bonds is 12. The van der Waals surface area contributed by atoms with Gasteiger partial charge in [0.25, 0.3) is 0 Å². The molecule has 7 nitrogen and oxygen atoms in total. The van der Waals surface area contributed by atoms with Gasteiger partial charge in [-0.2, -0.15) is 0 Å². The van der Waals surface area contributed by atoms with Crippen molar-refractivity contribution in [2.75, 3.05) is 14.2 Å². The Labute approximate surface area is 254 Å². The van der Waals surface area contributed by atoms with E-state index in [0.29, 0.717) is 28.9 Å². The first-order chi connectivity index (χ1) is 20.4. The van der Waals surface area contributed by atoms with E-state index in [1.54, 1.807) is 36.4 Å². The lowest BCUT2D eigenvalue weighted by atomic mass is 9.70. The predicted octanol–water partition coefficient (Wildman–Crippen LogP) is 7.85. The molecule has 3 N–H and O–H groups in total. The summed E-state index contributed by atoms with van der Waals surface area (Å²) in [6.45, 7) is 7.99. The van der Waals surface area contributed by atoms with Crippen LogP contribution in [0.3, 0.4) is 0 Å². The molecule has 1 aliphatic carbocycles. The number of aliphatic hydroxyl groups is 1. The van der Waals surface area contributed by atoms with E-state index in [2.05, 4.69) is 19.9 Å². The largest absolute Gasteiger partial charge is 0.508 e. The number of aromatic hydroxyl groups is 2. The van der Waals surface area contributed by atoms with Gasteiger partial charge in [-0.3, -0.25) is 9.59 Å². The fraction of sp³-hybridized carbons (Fsp3) is 0.333. The Bertz CT molecular complexity index is 1490. The molecular formula is C36H42O7. The third kappa shape index (κ3) is 9.23. The number of aliphatic hydroxyl groups excluding tert-OH is 1. The molecule has 0 amide bonds. The van der Waals surface area contributed by atoms with Gasteiger partial charge in [0.2, 0.25) is 0 Å². The SMILES string of the molecule is COc1cc(/C=C/C(=O)/C=C(O)/C=C/c2cc(OC)c(O)c([C@H]3C=C(C)CC[C@@H]3[C@@H](C)CC(=O)C=C(C)C)c2)ccc1O. The quantitative estimate of drug-likeness (QED) is 0.100. The summed E-state index contributed by atoms with van der Waals surface area (Å²) < 4.78 is 10.6. The number of ether oxygens (including phenoxy) is 2. The van der Waals surface area contributed by atoms with E-state index >= 15 is 0 Å². The highest BCUT2D eigenvalue weighted by atomic mass is 16.5. The maximum absolute atomic E-state index is 12.6. The van der Waals surface area contributed by atoms with Crippen LogP contribution in [0, 0.1) is 11.8 Å². The van der Waals surface area contributed by atoms with Crippen LogP contribution in [0.15, 0.2) is 77.6 Å². The lowest BCUT2D eigenvalue weighted by molar-refractivity contribution is -0.115. The molecule has 0 radical (unpaired) electrons. The first kappa shape index (κ1) is 33.0. The van der Waals surface area contributed by atoms with Gasteiger partial charge in [-0.25, -0.2) is 0 Å². The first-order valence-corrected chi connectivity index (χ1v) is 14.4. The molecule has 0 bridgehead atoms. The van der Waals surface area contributed by atoms with Gasteiger partial charge in [-0.05, 0) is 99.1 Å². The minimum Gasteiger partial charge on any atom is -0.508 e. The molecule has 0 aliphatic heterocycles. The van der Waals surface area contributed by atoms with Gasteiger partial charge in [0, 0.05) is 24.0 Å². The molecule has 0 spiro atoms. The summed E-state index contributed by atoms with van der Waals surface area (Å²) in [6, 6.07) is 8.22. The first-order valence-electron chi connectivity index (χ1n) is 14.4. The lowest BCUT2D eigenvalue weighted by Gasteiger charge is -2.35. The summed E-state index contributed by atoms with van der Waals surface area (Å²) in [4.78, 5) is 25.0. The molecule has 3 rings (SSSR count). The fourth-order valence-corrected chi connectivity index (χ4v) is 5.45. The van der Waals surface area contributed by atoms with E-state index in [9.17, 15) is 24.9 Å². The summed E-state index contributed by atoms with van der Waals surface area (Å²) in [6.07, 6.45) is 13.1. The molecule has 3 atom stereocenters. The zero-order valence-electron chi connectivity index (χ0n) is 25.8. The van der Waals surface area contributed by atoms with Gasteiger partial charge in [-0.1, -0.05) is 42.4 Å². The van der Waals surface area contributed by atoms with Crippen LogP contribution in [0.4, 0.5) is 0 Å². The third-order valence-corrected chi connectivity index (χ3v) is 7.59. The summed E-state index contributed by atoms with van der Waals surface area (Å²) >= 11 is 0. The Morgan fingerprint density at radius 3 is 2.33 bits per heavy atom. The summed E-state index contributed by atoms with van der Waals surface area (Å²) in [7, 11) is 2.92. The second-order valence-electron chi connectivity index (χ2n) is 11.3. The standard InChI is InChI=1S/C36H42O7/c1-22(2)15-29(39)17-24(4)30-13-7-23(3)16-31(30)32-18-26(20-35(43-6)36(32)41)9-12-28(38)21-27(37)11-8-25-10-14-33(40)34(19-25)42-5/h8-12,14-16,18-21,24,30-31,38,40-41H,7,13,17H2,1-6H3/b11-8+,12-9+,28-21-/t24-,30+,31-/m0/s1. The monoisotopic (exact) mass is 586 g/mol. The molecule has 2 aromatic carbocycles. The molecule has 2 aromatic rings. The Balaban J connectivity index is 1.86. The molecule has 0 aromatic heterocycles. The molecular weight excluding hydrogens is 544 g/mol. The van der Waals surface area contributed by atoms with Crippen LogP contribution >= 0.6 is 0 Å². The summed E-state index contributed by atoms with van der Waals surface area (Å²) in [5.41, 5.74) is 4.21. The molecule has 0 fully saturated rings. The van der Waals surface area contributed by atoms with Crippen molar-refractivity contribution in [3.63, 3.8) is 0 Å². The number of benzene rings is 2. The van der Waals surface area contributed by atoms with Crippen LogP contribution in [0.2, 0.25) is 0 Å². The van der Waals surface area contributed by atoms with Crippen LogP contribution in [0.25, 0.3) is 12.2 Å². The average Bonchev–Trinajstić information content (AvgIpc) is 2.95. The highest BCUT2D eigenvalue weighted by molar-refractivity contribution is 6.02. The van der Waals surface area contributed by atoms with E-state index in [1.165, 1.54) is 38.0 Å².